The Balaban J connectivity index is 1.99. The maximum atomic E-state index is 13.5. The van der Waals surface area contributed by atoms with Crippen LogP contribution >= 0.6 is 0 Å². The third kappa shape index (κ3) is 3.78. The lowest BCUT2D eigenvalue weighted by Crippen LogP contribution is -2.15. The van der Waals surface area contributed by atoms with Crippen molar-refractivity contribution in [2.75, 3.05) is 7.11 Å². The van der Waals surface area contributed by atoms with Crippen LogP contribution in [0.3, 0.4) is 0 Å². The van der Waals surface area contributed by atoms with Crippen molar-refractivity contribution in [3.05, 3.63) is 65.2 Å². The molecule has 106 valence electrons. The van der Waals surface area contributed by atoms with Crippen LogP contribution in [0, 0.1) is 11.6 Å². The van der Waals surface area contributed by atoms with Crippen molar-refractivity contribution in [2.24, 2.45) is 0 Å². The molecule has 0 aliphatic heterocycles. The number of aliphatic hydroxyl groups excluding tert-OH is 1. The molecule has 0 fully saturated rings. The fraction of sp³-hybridized carbons (Fsp3) is 0.250. The average molecular weight is 278 g/mol. The molecule has 0 aromatic heterocycles. The predicted octanol–water partition coefficient (Wildman–Crippen LogP) is 3.12. The Morgan fingerprint density at radius 3 is 2.35 bits per heavy atom. The van der Waals surface area contributed by atoms with E-state index in [0.29, 0.717) is 12.0 Å². The van der Waals surface area contributed by atoms with Gasteiger partial charge in [0.05, 0.1) is 13.2 Å². The second-order valence-corrected chi connectivity index (χ2v) is 4.65. The van der Waals surface area contributed by atoms with E-state index in [0.717, 1.165) is 17.4 Å². The Morgan fingerprint density at radius 2 is 1.75 bits per heavy atom. The number of methoxy groups -OCH3 is 1. The maximum absolute atomic E-state index is 13.5. The van der Waals surface area contributed by atoms with Crippen molar-refractivity contribution < 1.29 is 18.6 Å². The molecule has 1 N–H and O–H groups in total. The van der Waals surface area contributed by atoms with Crippen LogP contribution in [-0.4, -0.2) is 18.3 Å². The lowest BCUT2D eigenvalue weighted by Gasteiger charge is -2.12. The van der Waals surface area contributed by atoms with Crippen molar-refractivity contribution in [2.45, 2.75) is 18.9 Å². The molecule has 20 heavy (non-hydrogen) atoms. The number of hydrogen-bond donors (Lipinski definition) is 1. The molecular weight excluding hydrogens is 262 g/mol. The summed E-state index contributed by atoms with van der Waals surface area (Å²) in [6.07, 6.45) is -0.165. The zero-order valence-electron chi connectivity index (χ0n) is 11.1. The van der Waals surface area contributed by atoms with Crippen LogP contribution in [0.1, 0.15) is 11.1 Å². The van der Waals surface area contributed by atoms with Crippen LogP contribution in [0.5, 0.6) is 5.75 Å². The predicted molar refractivity (Wildman–Crippen MR) is 72.8 cm³/mol. The normalized spacial score (nSPS) is 12.2. The minimum atomic E-state index is -0.719. The van der Waals surface area contributed by atoms with E-state index in [1.54, 1.807) is 19.2 Å². The van der Waals surface area contributed by atoms with E-state index in [9.17, 15) is 13.9 Å². The second kappa shape index (κ2) is 6.48. The van der Waals surface area contributed by atoms with Crippen LogP contribution in [0.2, 0.25) is 0 Å². The van der Waals surface area contributed by atoms with Gasteiger partial charge < -0.3 is 9.84 Å². The molecule has 0 heterocycles. The zero-order chi connectivity index (χ0) is 14.5. The van der Waals surface area contributed by atoms with Gasteiger partial charge >= 0.3 is 0 Å². The summed E-state index contributed by atoms with van der Waals surface area (Å²) in [7, 11) is 1.58. The standard InChI is InChI=1S/C16H16F2O2/c1-20-15-6-2-11(3-7-15)8-14(19)9-12-4-5-13(17)10-16(12)18/h2-7,10,14,19H,8-9H2,1H3. The van der Waals surface area contributed by atoms with E-state index in [4.69, 9.17) is 4.74 Å². The van der Waals surface area contributed by atoms with Crippen LogP contribution in [0.15, 0.2) is 42.5 Å². The molecule has 0 radical (unpaired) electrons. The monoisotopic (exact) mass is 278 g/mol. The molecular formula is C16H16F2O2. The molecule has 0 spiro atoms. The van der Waals surface area contributed by atoms with E-state index in [-0.39, 0.29) is 6.42 Å². The lowest BCUT2D eigenvalue weighted by molar-refractivity contribution is 0.174. The highest BCUT2D eigenvalue weighted by Gasteiger charge is 2.11. The highest BCUT2D eigenvalue weighted by atomic mass is 19.1. The molecule has 2 rings (SSSR count). The fourth-order valence-corrected chi connectivity index (χ4v) is 2.05. The Labute approximate surface area is 116 Å². The van der Waals surface area contributed by atoms with Crippen molar-refractivity contribution in [1.82, 2.24) is 0 Å². The maximum Gasteiger partial charge on any atom is 0.129 e. The second-order valence-electron chi connectivity index (χ2n) is 4.65. The summed E-state index contributed by atoms with van der Waals surface area (Å²) in [5.74, 6) is -0.498. The zero-order valence-corrected chi connectivity index (χ0v) is 11.1. The molecule has 2 nitrogen and oxygen atoms in total. The summed E-state index contributed by atoms with van der Waals surface area (Å²) in [4.78, 5) is 0. The molecule has 2 aromatic rings. The smallest absolute Gasteiger partial charge is 0.129 e. The molecule has 0 bridgehead atoms. The number of aliphatic hydroxyl groups is 1. The average Bonchev–Trinajstić information content (AvgIpc) is 2.43. The largest absolute Gasteiger partial charge is 0.497 e. The van der Waals surface area contributed by atoms with Crippen molar-refractivity contribution in [3.8, 4) is 5.75 Å². The summed E-state index contributed by atoms with van der Waals surface area (Å²) >= 11 is 0. The van der Waals surface area contributed by atoms with Gasteiger partial charge in [0.1, 0.15) is 17.4 Å². The molecule has 0 amide bonds. The van der Waals surface area contributed by atoms with E-state index in [1.165, 1.54) is 12.1 Å². The highest BCUT2D eigenvalue weighted by Crippen LogP contribution is 2.16. The Bertz CT molecular complexity index is 567. The first-order chi connectivity index (χ1) is 9.58. The molecule has 0 saturated carbocycles. The highest BCUT2D eigenvalue weighted by molar-refractivity contribution is 5.28. The Morgan fingerprint density at radius 1 is 1.05 bits per heavy atom. The van der Waals surface area contributed by atoms with E-state index in [1.807, 2.05) is 12.1 Å². The first-order valence-electron chi connectivity index (χ1n) is 6.33. The van der Waals surface area contributed by atoms with E-state index in [2.05, 4.69) is 0 Å². The van der Waals surface area contributed by atoms with Gasteiger partial charge in [-0.25, -0.2) is 8.78 Å². The number of benzene rings is 2. The SMILES string of the molecule is COc1ccc(CC(O)Cc2ccc(F)cc2F)cc1. The Hall–Kier alpha value is -1.94. The van der Waals surface area contributed by atoms with Gasteiger partial charge in [-0.1, -0.05) is 18.2 Å². The molecule has 2 aromatic carbocycles. The first-order valence-corrected chi connectivity index (χ1v) is 6.33. The van der Waals surface area contributed by atoms with Gasteiger partial charge in [0.15, 0.2) is 0 Å². The number of halogens is 2. The van der Waals surface area contributed by atoms with Crippen molar-refractivity contribution in [1.29, 1.82) is 0 Å². The van der Waals surface area contributed by atoms with Crippen molar-refractivity contribution >= 4 is 0 Å². The summed E-state index contributed by atoms with van der Waals surface area (Å²) in [5.41, 5.74) is 1.24. The third-order valence-corrected chi connectivity index (χ3v) is 3.10. The number of hydrogen-bond acceptors (Lipinski definition) is 2. The molecule has 0 aliphatic rings. The van der Waals surface area contributed by atoms with Gasteiger partial charge in [-0.3, -0.25) is 0 Å². The summed E-state index contributed by atoms with van der Waals surface area (Å²) < 4.78 is 31.3. The molecule has 4 heteroatoms. The number of rotatable bonds is 5. The molecule has 0 aliphatic carbocycles. The van der Waals surface area contributed by atoms with Crippen LogP contribution in [0.4, 0.5) is 8.78 Å². The van der Waals surface area contributed by atoms with E-state index < -0.39 is 17.7 Å². The van der Waals surface area contributed by atoms with Gasteiger partial charge in [0.25, 0.3) is 0 Å². The van der Waals surface area contributed by atoms with Gasteiger partial charge in [-0.15, -0.1) is 0 Å². The minimum Gasteiger partial charge on any atom is -0.497 e. The molecule has 1 unspecified atom stereocenters. The topological polar surface area (TPSA) is 29.5 Å². The van der Waals surface area contributed by atoms with Crippen LogP contribution in [0.25, 0.3) is 0 Å². The van der Waals surface area contributed by atoms with Gasteiger partial charge in [-0.05, 0) is 35.7 Å². The quantitative estimate of drug-likeness (QED) is 0.910. The minimum absolute atomic E-state index is 0.151. The Kier molecular flexibility index (Phi) is 4.69. The molecule has 0 saturated heterocycles. The summed E-state index contributed by atoms with van der Waals surface area (Å²) in [6, 6.07) is 10.7. The summed E-state index contributed by atoms with van der Waals surface area (Å²) in [6.45, 7) is 0. The van der Waals surface area contributed by atoms with Gasteiger partial charge in [0.2, 0.25) is 0 Å². The molecule has 1 atom stereocenters. The fourth-order valence-electron chi connectivity index (χ4n) is 2.05. The summed E-state index contributed by atoms with van der Waals surface area (Å²) in [5, 5.41) is 9.98. The lowest BCUT2D eigenvalue weighted by atomic mass is 10.0. The van der Waals surface area contributed by atoms with Gasteiger partial charge in [-0.2, -0.15) is 0 Å². The van der Waals surface area contributed by atoms with Gasteiger partial charge in [0, 0.05) is 12.5 Å². The van der Waals surface area contributed by atoms with Crippen LogP contribution < -0.4 is 4.74 Å². The first kappa shape index (κ1) is 14.5. The third-order valence-electron chi connectivity index (χ3n) is 3.10. The number of ether oxygens (including phenoxy) is 1. The van der Waals surface area contributed by atoms with E-state index >= 15 is 0 Å². The van der Waals surface area contributed by atoms with Crippen molar-refractivity contribution in [3.63, 3.8) is 0 Å². The van der Waals surface area contributed by atoms with Crippen LogP contribution in [-0.2, 0) is 12.8 Å².